The van der Waals surface area contributed by atoms with Crippen molar-refractivity contribution in [2.24, 2.45) is 5.92 Å². The van der Waals surface area contributed by atoms with E-state index in [0.29, 0.717) is 18.4 Å². The van der Waals surface area contributed by atoms with Crippen molar-refractivity contribution >= 4 is 5.91 Å². The number of nitrogens with one attached hydrogen (secondary N) is 1. The Morgan fingerprint density at radius 2 is 2.24 bits per heavy atom. The molecule has 3 nitrogen and oxygen atoms in total. The Morgan fingerprint density at radius 3 is 2.88 bits per heavy atom. The van der Waals surface area contributed by atoms with Crippen LogP contribution in [0.1, 0.15) is 50.0 Å². The Balaban J connectivity index is 1.47. The smallest absolute Gasteiger partial charge is 0.220 e. The molecule has 1 amide bonds. The van der Waals surface area contributed by atoms with Crippen LogP contribution in [0.2, 0.25) is 0 Å². The second-order valence-electron chi connectivity index (χ2n) is 5.47. The molecule has 2 atom stereocenters. The zero-order valence-corrected chi connectivity index (χ0v) is 10.2. The van der Waals surface area contributed by atoms with Crippen molar-refractivity contribution in [3.05, 3.63) is 23.7 Å². The molecule has 2 fully saturated rings. The summed E-state index contributed by atoms with van der Waals surface area (Å²) in [6.45, 7) is 2.25. The molecule has 17 heavy (non-hydrogen) atoms. The van der Waals surface area contributed by atoms with Crippen molar-refractivity contribution in [1.29, 1.82) is 0 Å². The molecule has 0 saturated heterocycles. The van der Waals surface area contributed by atoms with E-state index in [-0.39, 0.29) is 5.91 Å². The summed E-state index contributed by atoms with van der Waals surface area (Å²) in [6.07, 6.45) is 4.81. The zero-order chi connectivity index (χ0) is 11.8. The lowest BCUT2D eigenvalue weighted by Crippen LogP contribution is -2.25. The number of carbonyl (C=O) groups is 1. The van der Waals surface area contributed by atoms with Gasteiger partial charge in [-0.25, -0.2) is 0 Å². The highest BCUT2D eigenvalue weighted by molar-refractivity contribution is 5.76. The van der Waals surface area contributed by atoms with Gasteiger partial charge in [0.15, 0.2) is 0 Å². The van der Waals surface area contributed by atoms with E-state index < -0.39 is 0 Å². The fourth-order valence-corrected chi connectivity index (χ4v) is 2.21. The van der Waals surface area contributed by atoms with Crippen molar-refractivity contribution in [2.75, 3.05) is 0 Å². The Labute approximate surface area is 102 Å². The summed E-state index contributed by atoms with van der Waals surface area (Å²) in [4.78, 5) is 11.5. The van der Waals surface area contributed by atoms with E-state index in [1.807, 2.05) is 6.07 Å². The Bertz CT molecular complexity index is 420. The standard InChI is InChI=1S/C14H19NO2/c1-9-8-12(9)13-6-4-11(17-13)5-7-14(16)15-10-2-3-10/h4,6,9-10,12H,2-3,5,7-8H2,1H3,(H,15,16). The molecule has 0 radical (unpaired) electrons. The lowest BCUT2D eigenvalue weighted by Gasteiger charge is -2.01. The fourth-order valence-electron chi connectivity index (χ4n) is 2.21. The predicted octanol–water partition coefficient (Wildman–Crippen LogP) is 2.61. The lowest BCUT2D eigenvalue weighted by atomic mass is 10.2. The van der Waals surface area contributed by atoms with Gasteiger partial charge < -0.3 is 9.73 Å². The van der Waals surface area contributed by atoms with E-state index in [9.17, 15) is 4.79 Å². The number of amides is 1. The molecule has 0 spiro atoms. The van der Waals surface area contributed by atoms with Crippen molar-refractivity contribution in [3.63, 3.8) is 0 Å². The van der Waals surface area contributed by atoms with Crippen LogP contribution >= 0.6 is 0 Å². The van der Waals surface area contributed by atoms with Crippen LogP contribution in [0, 0.1) is 5.92 Å². The number of hydrogen-bond acceptors (Lipinski definition) is 2. The largest absolute Gasteiger partial charge is 0.466 e. The van der Waals surface area contributed by atoms with Crippen LogP contribution in [0.5, 0.6) is 0 Å². The van der Waals surface area contributed by atoms with Gasteiger partial charge in [0, 0.05) is 24.8 Å². The summed E-state index contributed by atoms with van der Waals surface area (Å²) in [5, 5.41) is 2.99. The molecule has 0 aliphatic heterocycles. The van der Waals surface area contributed by atoms with Gasteiger partial charge in [-0.3, -0.25) is 4.79 Å². The van der Waals surface area contributed by atoms with Gasteiger partial charge in [0.05, 0.1) is 0 Å². The van der Waals surface area contributed by atoms with Crippen molar-refractivity contribution < 1.29 is 9.21 Å². The molecule has 1 aromatic heterocycles. The molecule has 1 heterocycles. The highest BCUT2D eigenvalue weighted by Crippen LogP contribution is 2.47. The van der Waals surface area contributed by atoms with Gasteiger partial charge >= 0.3 is 0 Å². The minimum atomic E-state index is 0.158. The van der Waals surface area contributed by atoms with E-state index >= 15 is 0 Å². The first-order valence-corrected chi connectivity index (χ1v) is 6.60. The van der Waals surface area contributed by atoms with Crippen molar-refractivity contribution in [2.45, 2.75) is 51.0 Å². The molecule has 2 aliphatic carbocycles. The van der Waals surface area contributed by atoms with Gasteiger partial charge in [-0.2, -0.15) is 0 Å². The number of carbonyl (C=O) groups excluding carboxylic acids is 1. The molecular formula is C14H19NO2. The van der Waals surface area contributed by atoms with E-state index in [4.69, 9.17) is 4.42 Å². The topological polar surface area (TPSA) is 42.2 Å². The lowest BCUT2D eigenvalue weighted by molar-refractivity contribution is -0.121. The van der Waals surface area contributed by atoms with Gasteiger partial charge in [0.25, 0.3) is 0 Å². The van der Waals surface area contributed by atoms with E-state index in [1.54, 1.807) is 0 Å². The molecule has 2 unspecified atom stereocenters. The minimum Gasteiger partial charge on any atom is -0.466 e. The normalized spacial score (nSPS) is 26.9. The average Bonchev–Trinajstić information content (AvgIpc) is 3.20. The SMILES string of the molecule is CC1CC1c1ccc(CCC(=O)NC2CC2)o1. The molecule has 1 aromatic rings. The summed E-state index contributed by atoms with van der Waals surface area (Å²) < 4.78 is 5.77. The van der Waals surface area contributed by atoms with Gasteiger partial charge in [-0.05, 0) is 37.3 Å². The average molecular weight is 233 g/mol. The van der Waals surface area contributed by atoms with Gasteiger partial charge in [0.2, 0.25) is 5.91 Å². The van der Waals surface area contributed by atoms with Crippen molar-refractivity contribution in [3.8, 4) is 0 Å². The fraction of sp³-hybridized carbons (Fsp3) is 0.643. The van der Waals surface area contributed by atoms with Gasteiger partial charge in [0.1, 0.15) is 11.5 Å². The Kier molecular flexibility index (Phi) is 2.69. The summed E-state index contributed by atoms with van der Waals surface area (Å²) in [6, 6.07) is 4.55. The van der Waals surface area contributed by atoms with Crippen LogP contribution < -0.4 is 5.32 Å². The number of aryl methyl sites for hydroxylation is 1. The molecular weight excluding hydrogens is 214 g/mol. The summed E-state index contributed by atoms with van der Waals surface area (Å²) in [5.74, 6) is 3.61. The van der Waals surface area contributed by atoms with E-state index in [0.717, 1.165) is 36.7 Å². The maximum Gasteiger partial charge on any atom is 0.220 e. The van der Waals surface area contributed by atoms with Crippen LogP contribution in [-0.2, 0) is 11.2 Å². The third-order valence-electron chi connectivity index (χ3n) is 3.70. The quantitative estimate of drug-likeness (QED) is 0.849. The molecule has 2 aliphatic rings. The summed E-state index contributed by atoms with van der Waals surface area (Å²) in [7, 11) is 0. The molecule has 3 heteroatoms. The van der Waals surface area contributed by atoms with Crippen LogP contribution in [0.15, 0.2) is 16.5 Å². The molecule has 2 saturated carbocycles. The Morgan fingerprint density at radius 1 is 1.47 bits per heavy atom. The predicted molar refractivity (Wildman–Crippen MR) is 64.7 cm³/mol. The number of rotatable bonds is 5. The molecule has 92 valence electrons. The van der Waals surface area contributed by atoms with Crippen LogP contribution in [0.4, 0.5) is 0 Å². The van der Waals surface area contributed by atoms with Gasteiger partial charge in [-0.15, -0.1) is 0 Å². The second-order valence-corrected chi connectivity index (χ2v) is 5.47. The summed E-state index contributed by atoms with van der Waals surface area (Å²) in [5.41, 5.74) is 0. The van der Waals surface area contributed by atoms with Crippen LogP contribution in [0.3, 0.4) is 0 Å². The second kappa shape index (κ2) is 4.21. The zero-order valence-electron chi connectivity index (χ0n) is 10.2. The highest BCUT2D eigenvalue weighted by Gasteiger charge is 2.36. The third-order valence-corrected chi connectivity index (χ3v) is 3.70. The number of furan rings is 1. The molecule has 0 aromatic carbocycles. The van der Waals surface area contributed by atoms with Crippen LogP contribution in [-0.4, -0.2) is 11.9 Å². The molecule has 0 bridgehead atoms. The van der Waals surface area contributed by atoms with Crippen LogP contribution in [0.25, 0.3) is 0 Å². The third kappa shape index (κ3) is 2.71. The molecule has 1 N–H and O–H groups in total. The first-order chi connectivity index (χ1) is 8.22. The van der Waals surface area contributed by atoms with Gasteiger partial charge in [-0.1, -0.05) is 6.92 Å². The molecule has 3 rings (SSSR count). The summed E-state index contributed by atoms with van der Waals surface area (Å²) >= 11 is 0. The maximum absolute atomic E-state index is 11.5. The maximum atomic E-state index is 11.5. The first-order valence-electron chi connectivity index (χ1n) is 6.60. The monoisotopic (exact) mass is 233 g/mol. The highest BCUT2D eigenvalue weighted by atomic mass is 16.3. The van der Waals surface area contributed by atoms with Crippen molar-refractivity contribution in [1.82, 2.24) is 5.32 Å². The first kappa shape index (κ1) is 10.9. The number of hydrogen-bond donors (Lipinski definition) is 1. The minimum absolute atomic E-state index is 0.158. The Hall–Kier alpha value is -1.25. The van der Waals surface area contributed by atoms with E-state index in [2.05, 4.69) is 18.3 Å². The van der Waals surface area contributed by atoms with E-state index in [1.165, 1.54) is 6.42 Å².